The molecule has 1 heterocycles. The minimum atomic E-state index is -0.920. The van der Waals surface area contributed by atoms with Crippen LogP contribution in [-0.4, -0.2) is 41.8 Å². The fraction of sp³-hybridized carbons (Fsp3) is 0.476. The van der Waals surface area contributed by atoms with Crippen molar-refractivity contribution in [3.8, 4) is 0 Å². The second kappa shape index (κ2) is 10.1. The number of benzene rings is 1. The summed E-state index contributed by atoms with van der Waals surface area (Å²) in [7, 11) is 0. The van der Waals surface area contributed by atoms with Gasteiger partial charge in [0.15, 0.2) is 5.57 Å². The summed E-state index contributed by atoms with van der Waals surface area (Å²) < 4.78 is 15.6. The minimum Gasteiger partial charge on any atom is -0.457 e. The molecular weight excluding hydrogens is 376 g/mol. The first-order valence-corrected chi connectivity index (χ1v) is 9.55. The van der Waals surface area contributed by atoms with E-state index in [4.69, 9.17) is 19.9 Å². The van der Waals surface area contributed by atoms with E-state index in [1.54, 1.807) is 32.9 Å². The maximum absolute atomic E-state index is 12.8. The van der Waals surface area contributed by atoms with Crippen LogP contribution in [0.15, 0.2) is 41.6 Å². The number of allylic oxidation sites excluding steroid dienone is 1. The molecule has 0 atom stereocenters. The third-order valence-electron chi connectivity index (χ3n) is 4.11. The van der Waals surface area contributed by atoms with Gasteiger partial charge in [-0.1, -0.05) is 30.3 Å². The molecule has 1 aliphatic heterocycles. The van der Waals surface area contributed by atoms with Crippen LogP contribution in [0.4, 0.5) is 4.79 Å². The molecular formula is C21H28N2O6. The number of nitrogens with two attached hydrogens (primary N) is 1. The molecule has 1 aromatic rings. The Morgan fingerprint density at radius 2 is 1.69 bits per heavy atom. The van der Waals surface area contributed by atoms with Crippen molar-refractivity contribution >= 4 is 18.0 Å². The van der Waals surface area contributed by atoms with Gasteiger partial charge in [0.2, 0.25) is 0 Å². The molecule has 8 nitrogen and oxygen atoms in total. The zero-order valence-electron chi connectivity index (χ0n) is 17.1. The largest absolute Gasteiger partial charge is 0.457 e. The highest BCUT2D eigenvalue weighted by molar-refractivity contribution is 6.15. The van der Waals surface area contributed by atoms with Crippen molar-refractivity contribution in [3.05, 3.63) is 47.2 Å². The van der Waals surface area contributed by atoms with Crippen molar-refractivity contribution in [1.29, 1.82) is 0 Å². The molecule has 0 bridgehead atoms. The molecule has 0 spiro atoms. The van der Waals surface area contributed by atoms with Crippen molar-refractivity contribution in [2.24, 2.45) is 5.73 Å². The molecule has 0 radical (unpaired) electrons. The van der Waals surface area contributed by atoms with Crippen LogP contribution < -0.4 is 5.73 Å². The Kier molecular flexibility index (Phi) is 7.78. The Labute approximate surface area is 170 Å². The SMILES string of the molecule is CC(C)(C)OC(=O)N1CCCC/C1=C(/C(=O)OCN)C(=O)OCc1ccccc1. The van der Waals surface area contributed by atoms with Crippen LogP contribution in [-0.2, 0) is 30.4 Å². The lowest BCUT2D eigenvalue weighted by molar-refractivity contribution is -0.148. The number of amides is 1. The van der Waals surface area contributed by atoms with Gasteiger partial charge in [-0.05, 0) is 45.6 Å². The molecule has 29 heavy (non-hydrogen) atoms. The van der Waals surface area contributed by atoms with Crippen LogP contribution in [0.25, 0.3) is 0 Å². The summed E-state index contributed by atoms with van der Waals surface area (Å²) in [5, 5.41) is 0. The average Bonchev–Trinajstić information content (AvgIpc) is 2.66. The van der Waals surface area contributed by atoms with E-state index < -0.39 is 30.4 Å². The van der Waals surface area contributed by atoms with Gasteiger partial charge in [-0.2, -0.15) is 0 Å². The second-order valence-electron chi connectivity index (χ2n) is 7.57. The standard InChI is InChI=1S/C21H28N2O6/c1-21(2,3)29-20(26)23-12-8-7-11-16(23)17(19(25)28-14-22)18(24)27-13-15-9-5-4-6-10-15/h4-6,9-10H,7-8,11-14,22H2,1-3H3/b17-16-. The molecule has 2 N–H and O–H groups in total. The summed E-state index contributed by atoms with van der Waals surface area (Å²) in [6.45, 7) is 5.16. The molecule has 1 aromatic carbocycles. The van der Waals surface area contributed by atoms with Crippen molar-refractivity contribution in [2.75, 3.05) is 13.3 Å². The number of ether oxygens (including phenoxy) is 3. The summed E-state index contributed by atoms with van der Waals surface area (Å²) in [5.41, 5.74) is 5.28. The van der Waals surface area contributed by atoms with Crippen LogP contribution in [0.2, 0.25) is 0 Å². The minimum absolute atomic E-state index is 0.0151. The third kappa shape index (κ3) is 6.60. The number of carbonyl (C=O) groups is 3. The topological polar surface area (TPSA) is 108 Å². The Bertz CT molecular complexity index is 767. The van der Waals surface area contributed by atoms with Gasteiger partial charge in [0.1, 0.15) is 18.9 Å². The van der Waals surface area contributed by atoms with E-state index >= 15 is 0 Å². The van der Waals surface area contributed by atoms with Gasteiger partial charge in [0.05, 0.1) is 0 Å². The molecule has 1 fully saturated rings. The maximum atomic E-state index is 12.8. The van der Waals surface area contributed by atoms with Crippen molar-refractivity contribution < 1.29 is 28.6 Å². The van der Waals surface area contributed by atoms with E-state index in [0.29, 0.717) is 19.4 Å². The number of carbonyl (C=O) groups excluding carboxylic acids is 3. The summed E-state index contributed by atoms with van der Waals surface area (Å²) >= 11 is 0. The third-order valence-corrected chi connectivity index (χ3v) is 4.11. The number of rotatable bonds is 5. The number of hydrogen-bond acceptors (Lipinski definition) is 7. The molecule has 0 saturated carbocycles. The van der Waals surface area contributed by atoms with E-state index in [9.17, 15) is 14.4 Å². The monoisotopic (exact) mass is 404 g/mol. The predicted octanol–water partition coefficient (Wildman–Crippen LogP) is 2.86. The zero-order chi connectivity index (χ0) is 21.4. The predicted molar refractivity (Wildman–Crippen MR) is 105 cm³/mol. The van der Waals surface area contributed by atoms with E-state index in [1.165, 1.54) is 4.90 Å². The molecule has 1 saturated heterocycles. The first-order valence-electron chi connectivity index (χ1n) is 9.55. The maximum Gasteiger partial charge on any atom is 0.414 e. The van der Waals surface area contributed by atoms with Crippen molar-refractivity contribution in [3.63, 3.8) is 0 Å². The number of likely N-dealkylation sites (tertiary alicyclic amines) is 1. The number of esters is 2. The van der Waals surface area contributed by atoms with E-state index in [-0.39, 0.29) is 17.9 Å². The summed E-state index contributed by atoms with van der Waals surface area (Å²) in [5.74, 6) is -1.78. The Hall–Kier alpha value is -2.87. The van der Waals surface area contributed by atoms with Crippen molar-refractivity contribution in [2.45, 2.75) is 52.2 Å². The first kappa shape index (κ1) is 22.4. The highest BCUT2D eigenvalue weighted by atomic mass is 16.6. The average molecular weight is 404 g/mol. The molecule has 2 rings (SSSR count). The first-order chi connectivity index (χ1) is 13.7. The summed E-state index contributed by atoms with van der Waals surface area (Å²) in [4.78, 5) is 39.3. The zero-order valence-corrected chi connectivity index (χ0v) is 17.1. The molecule has 8 heteroatoms. The van der Waals surface area contributed by atoms with Gasteiger partial charge in [-0.3, -0.25) is 10.6 Å². The fourth-order valence-corrected chi connectivity index (χ4v) is 2.87. The van der Waals surface area contributed by atoms with Gasteiger partial charge >= 0.3 is 18.0 Å². The van der Waals surface area contributed by atoms with Gasteiger partial charge < -0.3 is 14.2 Å². The van der Waals surface area contributed by atoms with Gasteiger partial charge in [0.25, 0.3) is 0 Å². The normalized spacial score (nSPS) is 16.1. The van der Waals surface area contributed by atoms with Crippen LogP contribution in [0.3, 0.4) is 0 Å². The summed E-state index contributed by atoms with van der Waals surface area (Å²) in [6, 6.07) is 9.07. The Morgan fingerprint density at radius 1 is 1.03 bits per heavy atom. The van der Waals surface area contributed by atoms with Crippen molar-refractivity contribution in [1.82, 2.24) is 4.90 Å². The Balaban J connectivity index is 2.32. The smallest absolute Gasteiger partial charge is 0.414 e. The summed E-state index contributed by atoms with van der Waals surface area (Å²) in [6.07, 6.45) is 1.15. The van der Waals surface area contributed by atoms with E-state index in [2.05, 4.69) is 0 Å². The van der Waals surface area contributed by atoms with Crippen LogP contribution >= 0.6 is 0 Å². The molecule has 0 unspecified atom stereocenters. The van der Waals surface area contributed by atoms with Crippen LogP contribution in [0.1, 0.15) is 45.6 Å². The number of piperidine rings is 1. The highest BCUT2D eigenvalue weighted by Crippen LogP contribution is 2.27. The number of nitrogens with zero attached hydrogens (tertiary/aromatic N) is 1. The second-order valence-corrected chi connectivity index (χ2v) is 7.57. The van der Waals surface area contributed by atoms with E-state index in [1.807, 2.05) is 18.2 Å². The quantitative estimate of drug-likeness (QED) is 0.201. The highest BCUT2D eigenvalue weighted by Gasteiger charge is 2.34. The van der Waals surface area contributed by atoms with Gasteiger partial charge in [0, 0.05) is 12.2 Å². The molecule has 158 valence electrons. The lowest BCUT2D eigenvalue weighted by atomic mass is 10.0. The van der Waals surface area contributed by atoms with Crippen LogP contribution in [0, 0.1) is 0 Å². The molecule has 1 aliphatic rings. The van der Waals surface area contributed by atoms with Crippen LogP contribution in [0.5, 0.6) is 0 Å². The molecule has 0 aromatic heterocycles. The number of hydrogen-bond donors (Lipinski definition) is 1. The van der Waals surface area contributed by atoms with Gasteiger partial charge in [-0.25, -0.2) is 14.4 Å². The molecule has 0 aliphatic carbocycles. The van der Waals surface area contributed by atoms with Gasteiger partial charge in [-0.15, -0.1) is 0 Å². The molecule has 1 amide bonds. The fourth-order valence-electron chi connectivity index (χ4n) is 2.87. The Morgan fingerprint density at radius 3 is 2.31 bits per heavy atom. The van der Waals surface area contributed by atoms with E-state index in [0.717, 1.165) is 12.0 Å². The lowest BCUT2D eigenvalue weighted by Crippen LogP contribution is -2.40. The lowest BCUT2D eigenvalue weighted by Gasteiger charge is -2.32.